The molecule has 2 heterocycles. The van der Waals surface area contributed by atoms with Gasteiger partial charge in [0.2, 0.25) is 0 Å². The molecule has 1 aliphatic rings. The molecule has 7 nitrogen and oxygen atoms in total. The summed E-state index contributed by atoms with van der Waals surface area (Å²) in [4.78, 5) is 29.3. The van der Waals surface area contributed by atoms with E-state index in [4.69, 9.17) is 13.9 Å². The SMILES string of the molecule is CCOC(=O)C1CCCN(C(=O)c2ccc(CN(Cc3ccccc3)Cc3ccccc3OC)o2)C1. The number of methoxy groups -OCH3 is 1. The van der Waals surface area contributed by atoms with Crippen LogP contribution in [0.25, 0.3) is 0 Å². The molecule has 0 spiro atoms. The number of carbonyl (C=O) groups excluding carboxylic acids is 2. The quantitative estimate of drug-likeness (QED) is 0.376. The van der Waals surface area contributed by atoms with Gasteiger partial charge in [0.25, 0.3) is 5.91 Å². The summed E-state index contributed by atoms with van der Waals surface area (Å²) in [6, 6.07) is 21.8. The number of amides is 1. The second-order valence-corrected chi connectivity index (χ2v) is 9.05. The molecular formula is C29H34N2O5. The summed E-state index contributed by atoms with van der Waals surface area (Å²) >= 11 is 0. The van der Waals surface area contributed by atoms with Crippen LogP contribution in [-0.4, -0.2) is 48.5 Å². The lowest BCUT2D eigenvalue weighted by Crippen LogP contribution is -2.42. The van der Waals surface area contributed by atoms with Crippen molar-refractivity contribution < 1.29 is 23.5 Å². The number of benzene rings is 2. The first kappa shape index (κ1) is 25.5. The molecule has 36 heavy (non-hydrogen) atoms. The number of hydrogen-bond acceptors (Lipinski definition) is 6. The molecule has 0 bridgehead atoms. The molecule has 1 unspecified atom stereocenters. The fourth-order valence-electron chi connectivity index (χ4n) is 4.65. The lowest BCUT2D eigenvalue weighted by molar-refractivity contribution is -0.149. The normalized spacial score (nSPS) is 15.6. The van der Waals surface area contributed by atoms with Gasteiger partial charge in [-0.1, -0.05) is 48.5 Å². The third kappa shape index (κ3) is 6.55. The minimum absolute atomic E-state index is 0.186. The molecular weight excluding hydrogens is 456 g/mol. The number of likely N-dealkylation sites (tertiary alicyclic amines) is 1. The highest BCUT2D eigenvalue weighted by Gasteiger charge is 2.31. The molecule has 0 saturated carbocycles. The number of piperidine rings is 1. The van der Waals surface area contributed by atoms with Gasteiger partial charge < -0.3 is 18.8 Å². The van der Waals surface area contributed by atoms with E-state index in [-0.39, 0.29) is 17.8 Å². The number of carbonyl (C=O) groups is 2. The number of para-hydroxylation sites is 1. The third-order valence-corrected chi connectivity index (χ3v) is 6.42. The molecule has 1 amide bonds. The van der Waals surface area contributed by atoms with Crippen LogP contribution >= 0.6 is 0 Å². The second kappa shape index (κ2) is 12.4. The van der Waals surface area contributed by atoms with Gasteiger partial charge in [-0.2, -0.15) is 0 Å². The van der Waals surface area contributed by atoms with Gasteiger partial charge >= 0.3 is 5.97 Å². The minimum atomic E-state index is -0.278. The van der Waals surface area contributed by atoms with Crippen molar-refractivity contribution in [2.45, 2.75) is 39.4 Å². The van der Waals surface area contributed by atoms with Crippen molar-refractivity contribution in [3.63, 3.8) is 0 Å². The Labute approximate surface area is 212 Å². The van der Waals surface area contributed by atoms with Gasteiger partial charge in [0.15, 0.2) is 5.76 Å². The number of rotatable bonds is 10. The van der Waals surface area contributed by atoms with Crippen LogP contribution in [-0.2, 0) is 29.2 Å². The van der Waals surface area contributed by atoms with E-state index in [9.17, 15) is 9.59 Å². The van der Waals surface area contributed by atoms with Gasteiger partial charge in [-0.3, -0.25) is 14.5 Å². The highest BCUT2D eigenvalue weighted by atomic mass is 16.5. The molecule has 1 fully saturated rings. The molecule has 1 atom stereocenters. The van der Waals surface area contributed by atoms with Crippen molar-refractivity contribution in [2.75, 3.05) is 26.8 Å². The highest BCUT2D eigenvalue weighted by molar-refractivity contribution is 5.92. The van der Waals surface area contributed by atoms with Crippen molar-refractivity contribution in [2.24, 2.45) is 5.92 Å². The van der Waals surface area contributed by atoms with E-state index in [0.717, 1.165) is 30.7 Å². The summed E-state index contributed by atoms with van der Waals surface area (Å²) < 4.78 is 16.7. The minimum Gasteiger partial charge on any atom is -0.496 e. The molecule has 1 aromatic heterocycles. The maximum absolute atomic E-state index is 13.1. The van der Waals surface area contributed by atoms with Crippen LogP contribution in [0.1, 0.15) is 47.2 Å². The molecule has 2 aromatic carbocycles. The Kier molecular flexibility index (Phi) is 8.79. The Bertz CT molecular complexity index is 1140. The second-order valence-electron chi connectivity index (χ2n) is 9.05. The van der Waals surface area contributed by atoms with Gasteiger partial charge in [-0.15, -0.1) is 0 Å². The van der Waals surface area contributed by atoms with Crippen molar-refractivity contribution in [1.82, 2.24) is 9.80 Å². The topological polar surface area (TPSA) is 72.2 Å². The van der Waals surface area contributed by atoms with Gasteiger partial charge in [-0.05, 0) is 43.5 Å². The van der Waals surface area contributed by atoms with Crippen LogP contribution in [0, 0.1) is 5.92 Å². The first-order chi connectivity index (χ1) is 17.6. The summed E-state index contributed by atoms with van der Waals surface area (Å²) in [5, 5.41) is 0. The standard InChI is InChI=1S/C29H34N2O5/c1-3-35-29(33)24-13-9-17-31(20-24)28(32)27-16-15-25(36-27)21-30(18-22-10-5-4-6-11-22)19-23-12-7-8-14-26(23)34-2/h4-8,10-12,14-16,24H,3,9,13,17-21H2,1-2H3. The number of nitrogens with zero attached hydrogens (tertiary/aromatic N) is 2. The van der Waals surface area contributed by atoms with Crippen LogP contribution in [0.4, 0.5) is 0 Å². The summed E-state index contributed by atoms with van der Waals surface area (Å²) in [6.07, 6.45) is 1.51. The maximum atomic E-state index is 13.1. The Morgan fingerprint density at radius 3 is 2.56 bits per heavy atom. The largest absolute Gasteiger partial charge is 0.496 e. The Morgan fingerprint density at radius 2 is 1.78 bits per heavy atom. The first-order valence-electron chi connectivity index (χ1n) is 12.5. The lowest BCUT2D eigenvalue weighted by atomic mass is 9.98. The first-order valence-corrected chi connectivity index (χ1v) is 12.5. The van der Waals surface area contributed by atoms with Gasteiger partial charge in [0.05, 0.1) is 26.2 Å². The zero-order valence-corrected chi connectivity index (χ0v) is 21.0. The summed E-state index contributed by atoms with van der Waals surface area (Å²) in [7, 11) is 1.68. The van der Waals surface area contributed by atoms with Crippen molar-refractivity contribution in [3.05, 3.63) is 89.4 Å². The van der Waals surface area contributed by atoms with E-state index >= 15 is 0 Å². The van der Waals surface area contributed by atoms with Gasteiger partial charge in [-0.25, -0.2) is 0 Å². The van der Waals surface area contributed by atoms with E-state index in [1.54, 1.807) is 25.0 Å². The van der Waals surface area contributed by atoms with E-state index in [2.05, 4.69) is 23.1 Å². The molecule has 0 radical (unpaired) electrons. The smallest absolute Gasteiger partial charge is 0.310 e. The summed E-state index contributed by atoms with van der Waals surface area (Å²) in [5.74, 6) is 1.15. The molecule has 190 valence electrons. The van der Waals surface area contributed by atoms with Crippen LogP contribution in [0.15, 0.2) is 71.1 Å². The number of ether oxygens (including phenoxy) is 2. The monoisotopic (exact) mass is 490 g/mol. The fourth-order valence-corrected chi connectivity index (χ4v) is 4.65. The highest BCUT2D eigenvalue weighted by Crippen LogP contribution is 2.24. The number of hydrogen-bond donors (Lipinski definition) is 0. The summed E-state index contributed by atoms with van der Waals surface area (Å²) in [6.45, 7) is 5.03. The maximum Gasteiger partial charge on any atom is 0.310 e. The molecule has 7 heteroatoms. The van der Waals surface area contributed by atoms with Crippen molar-refractivity contribution in [1.29, 1.82) is 0 Å². The molecule has 0 N–H and O–H groups in total. The van der Waals surface area contributed by atoms with Crippen LogP contribution in [0.5, 0.6) is 5.75 Å². The van der Waals surface area contributed by atoms with Crippen LogP contribution in [0.2, 0.25) is 0 Å². The zero-order valence-electron chi connectivity index (χ0n) is 21.0. The predicted octanol–water partition coefficient (Wildman–Crippen LogP) is 4.91. The Morgan fingerprint density at radius 1 is 1.00 bits per heavy atom. The van der Waals surface area contributed by atoms with Crippen LogP contribution in [0.3, 0.4) is 0 Å². The number of esters is 1. The summed E-state index contributed by atoms with van der Waals surface area (Å²) in [5.41, 5.74) is 2.27. The Balaban J connectivity index is 1.46. The van der Waals surface area contributed by atoms with E-state index < -0.39 is 0 Å². The average Bonchev–Trinajstić information content (AvgIpc) is 3.37. The molecule has 1 saturated heterocycles. The zero-order chi connectivity index (χ0) is 25.3. The average molecular weight is 491 g/mol. The molecule has 3 aromatic rings. The van der Waals surface area contributed by atoms with Crippen molar-refractivity contribution in [3.8, 4) is 5.75 Å². The fraction of sp³-hybridized carbons (Fsp3) is 0.379. The molecule has 4 rings (SSSR count). The molecule has 0 aliphatic carbocycles. The van der Waals surface area contributed by atoms with Crippen molar-refractivity contribution >= 4 is 11.9 Å². The van der Waals surface area contributed by atoms with E-state index in [0.29, 0.717) is 44.3 Å². The lowest BCUT2D eigenvalue weighted by Gasteiger charge is -2.30. The Hall–Kier alpha value is -3.58. The van der Waals surface area contributed by atoms with Crippen LogP contribution < -0.4 is 4.74 Å². The molecule has 1 aliphatic heterocycles. The van der Waals surface area contributed by atoms with Gasteiger partial charge in [0.1, 0.15) is 11.5 Å². The van der Waals surface area contributed by atoms with E-state index in [1.807, 2.05) is 42.5 Å². The number of furan rings is 1. The van der Waals surface area contributed by atoms with E-state index in [1.165, 1.54) is 5.56 Å². The predicted molar refractivity (Wildman–Crippen MR) is 136 cm³/mol. The third-order valence-electron chi connectivity index (χ3n) is 6.42. The van der Waals surface area contributed by atoms with Gasteiger partial charge in [0, 0.05) is 31.7 Å².